The van der Waals surface area contributed by atoms with Crippen LogP contribution in [0.1, 0.15) is 27.2 Å². The fraction of sp³-hybridized carbons (Fsp3) is 0.241. The fourth-order valence-corrected chi connectivity index (χ4v) is 4.56. The lowest BCUT2D eigenvalue weighted by Gasteiger charge is -2.15. The lowest BCUT2D eigenvalue weighted by molar-refractivity contribution is 0.0816. The van der Waals surface area contributed by atoms with Gasteiger partial charge in [-0.3, -0.25) is 4.79 Å². The SMILES string of the molecule is Cc1ccc(Oc2ccc3c(C=Cc4ccccc4)nn(COCC[Si](C)(C)C)c3c2)cc1C(N)=O. The number of aromatic nitrogens is 2. The van der Waals surface area contributed by atoms with Gasteiger partial charge in [0.2, 0.25) is 5.91 Å². The Kier molecular flexibility index (Phi) is 7.72. The van der Waals surface area contributed by atoms with Crippen LogP contribution in [0.4, 0.5) is 0 Å². The predicted molar refractivity (Wildman–Crippen MR) is 149 cm³/mol. The van der Waals surface area contributed by atoms with Crippen LogP contribution in [0.2, 0.25) is 25.7 Å². The number of fused-ring (bicyclic) bond motifs is 1. The third-order valence-electron chi connectivity index (χ3n) is 5.91. The van der Waals surface area contributed by atoms with E-state index in [1.165, 1.54) is 0 Å². The van der Waals surface area contributed by atoms with E-state index in [4.69, 9.17) is 20.3 Å². The third-order valence-corrected chi connectivity index (χ3v) is 7.61. The minimum absolute atomic E-state index is 0.361. The molecule has 2 N–H and O–H groups in total. The van der Waals surface area contributed by atoms with E-state index in [1.54, 1.807) is 6.07 Å². The van der Waals surface area contributed by atoms with Crippen molar-refractivity contribution in [2.24, 2.45) is 5.73 Å². The molecule has 4 rings (SSSR count). The van der Waals surface area contributed by atoms with E-state index >= 15 is 0 Å². The number of amides is 1. The standard InChI is InChI=1S/C29H33N3O3Si/c1-21-10-12-23(18-26(21)29(30)33)35-24-13-14-25-27(15-11-22-8-6-5-7-9-22)31-32(28(25)19-24)20-34-16-17-36(2,3)4/h5-15,18-19H,16-17,20H2,1-4H3,(H2,30,33). The average Bonchev–Trinajstić information content (AvgIpc) is 3.18. The van der Waals surface area contributed by atoms with E-state index in [0.717, 1.165) is 33.8 Å². The number of hydrogen-bond donors (Lipinski definition) is 1. The first kappa shape index (κ1) is 25.4. The molecule has 0 spiro atoms. The van der Waals surface area contributed by atoms with Gasteiger partial charge in [0.15, 0.2) is 0 Å². The summed E-state index contributed by atoms with van der Waals surface area (Å²) in [5.41, 5.74) is 9.65. The third kappa shape index (κ3) is 6.50. The minimum Gasteiger partial charge on any atom is -0.457 e. The van der Waals surface area contributed by atoms with Crippen molar-refractivity contribution in [1.82, 2.24) is 9.78 Å². The lowest BCUT2D eigenvalue weighted by Crippen LogP contribution is -2.22. The molecular weight excluding hydrogens is 466 g/mol. The molecule has 186 valence electrons. The van der Waals surface area contributed by atoms with Gasteiger partial charge in [0, 0.05) is 31.7 Å². The highest BCUT2D eigenvalue weighted by Gasteiger charge is 2.14. The summed E-state index contributed by atoms with van der Waals surface area (Å²) in [6.07, 6.45) is 4.08. The molecular formula is C29H33N3O3Si. The number of aryl methyl sites for hydroxylation is 1. The van der Waals surface area contributed by atoms with Crippen molar-refractivity contribution >= 4 is 37.0 Å². The van der Waals surface area contributed by atoms with Gasteiger partial charge in [-0.1, -0.05) is 62.1 Å². The van der Waals surface area contributed by atoms with Gasteiger partial charge in [0.05, 0.1) is 11.2 Å². The van der Waals surface area contributed by atoms with Crippen LogP contribution in [0.15, 0.2) is 66.7 Å². The smallest absolute Gasteiger partial charge is 0.249 e. The Morgan fingerprint density at radius 2 is 1.72 bits per heavy atom. The van der Waals surface area contributed by atoms with Gasteiger partial charge in [-0.05, 0) is 54.4 Å². The highest BCUT2D eigenvalue weighted by Crippen LogP contribution is 2.29. The topological polar surface area (TPSA) is 79.4 Å². The maximum atomic E-state index is 11.7. The summed E-state index contributed by atoms with van der Waals surface area (Å²) in [7, 11) is -1.18. The Labute approximate surface area is 213 Å². The molecule has 6 nitrogen and oxygen atoms in total. The van der Waals surface area contributed by atoms with E-state index in [0.29, 0.717) is 30.4 Å². The number of carbonyl (C=O) groups excluding carboxylic acids is 1. The van der Waals surface area contributed by atoms with Crippen molar-refractivity contribution in [3.05, 3.63) is 89.1 Å². The van der Waals surface area contributed by atoms with Crippen LogP contribution in [0.3, 0.4) is 0 Å². The normalized spacial score (nSPS) is 11.9. The van der Waals surface area contributed by atoms with Crippen molar-refractivity contribution in [3.63, 3.8) is 0 Å². The molecule has 0 unspecified atom stereocenters. The lowest BCUT2D eigenvalue weighted by atomic mass is 10.1. The fourth-order valence-electron chi connectivity index (χ4n) is 3.80. The molecule has 0 bridgehead atoms. The molecule has 36 heavy (non-hydrogen) atoms. The molecule has 0 aliphatic heterocycles. The molecule has 7 heteroatoms. The van der Waals surface area contributed by atoms with Crippen molar-refractivity contribution in [3.8, 4) is 11.5 Å². The second kappa shape index (κ2) is 10.9. The van der Waals surface area contributed by atoms with E-state index in [2.05, 4.69) is 37.8 Å². The number of benzene rings is 3. The van der Waals surface area contributed by atoms with Crippen LogP contribution in [-0.4, -0.2) is 30.4 Å². The Morgan fingerprint density at radius 3 is 2.44 bits per heavy atom. The van der Waals surface area contributed by atoms with E-state index < -0.39 is 14.0 Å². The van der Waals surface area contributed by atoms with Gasteiger partial charge in [0.1, 0.15) is 18.2 Å². The summed E-state index contributed by atoms with van der Waals surface area (Å²) in [4.78, 5) is 11.7. The molecule has 0 saturated carbocycles. The monoisotopic (exact) mass is 499 g/mol. The molecule has 3 aromatic carbocycles. The molecule has 0 atom stereocenters. The zero-order valence-electron chi connectivity index (χ0n) is 21.3. The summed E-state index contributed by atoms with van der Waals surface area (Å²) in [6.45, 7) is 9.93. The van der Waals surface area contributed by atoms with Crippen LogP contribution >= 0.6 is 0 Å². The highest BCUT2D eigenvalue weighted by atomic mass is 28.3. The zero-order chi connectivity index (χ0) is 25.7. The first-order chi connectivity index (χ1) is 17.2. The van der Waals surface area contributed by atoms with Gasteiger partial charge >= 0.3 is 0 Å². The first-order valence-electron chi connectivity index (χ1n) is 12.1. The molecule has 1 heterocycles. The Hall–Kier alpha value is -3.68. The largest absolute Gasteiger partial charge is 0.457 e. The molecule has 0 aliphatic carbocycles. The van der Waals surface area contributed by atoms with Crippen molar-refractivity contribution in [2.75, 3.05) is 6.61 Å². The van der Waals surface area contributed by atoms with Gasteiger partial charge in [-0.25, -0.2) is 4.68 Å². The number of rotatable bonds is 10. The maximum absolute atomic E-state index is 11.7. The summed E-state index contributed by atoms with van der Waals surface area (Å²) < 4.78 is 14.0. The van der Waals surface area contributed by atoms with Gasteiger partial charge in [-0.15, -0.1) is 0 Å². The maximum Gasteiger partial charge on any atom is 0.249 e. The average molecular weight is 500 g/mol. The molecule has 1 aromatic heterocycles. The number of nitrogens with two attached hydrogens (primary N) is 1. The van der Waals surface area contributed by atoms with Gasteiger partial charge in [-0.2, -0.15) is 5.10 Å². The van der Waals surface area contributed by atoms with Gasteiger partial charge in [0.25, 0.3) is 0 Å². The van der Waals surface area contributed by atoms with Crippen LogP contribution in [0.5, 0.6) is 11.5 Å². The molecule has 0 aliphatic rings. The summed E-state index contributed by atoms with van der Waals surface area (Å²) in [5, 5.41) is 5.84. The predicted octanol–water partition coefficient (Wildman–Crippen LogP) is 6.72. The van der Waals surface area contributed by atoms with Crippen molar-refractivity contribution in [2.45, 2.75) is 39.3 Å². The van der Waals surface area contributed by atoms with Crippen molar-refractivity contribution < 1.29 is 14.3 Å². The second-order valence-corrected chi connectivity index (χ2v) is 15.7. The van der Waals surface area contributed by atoms with Crippen LogP contribution < -0.4 is 10.5 Å². The van der Waals surface area contributed by atoms with Crippen LogP contribution in [0, 0.1) is 6.92 Å². The minimum atomic E-state index is -1.18. The number of hydrogen-bond acceptors (Lipinski definition) is 4. The summed E-state index contributed by atoms with van der Waals surface area (Å²) in [6, 6.07) is 22.4. The quantitative estimate of drug-likeness (QED) is 0.194. The molecule has 0 saturated heterocycles. The molecule has 1 amide bonds. The van der Waals surface area contributed by atoms with E-state index in [1.807, 2.05) is 66.2 Å². The zero-order valence-corrected chi connectivity index (χ0v) is 22.3. The van der Waals surface area contributed by atoms with Crippen LogP contribution in [0.25, 0.3) is 23.1 Å². The molecule has 0 radical (unpaired) electrons. The molecule has 4 aromatic rings. The van der Waals surface area contributed by atoms with Gasteiger partial charge < -0.3 is 15.2 Å². The second-order valence-electron chi connectivity index (χ2n) is 10.1. The van der Waals surface area contributed by atoms with E-state index in [9.17, 15) is 4.79 Å². The Balaban J connectivity index is 1.64. The highest BCUT2D eigenvalue weighted by molar-refractivity contribution is 6.76. The summed E-state index contributed by atoms with van der Waals surface area (Å²) >= 11 is 0. The number of nitrogens with zero attached hydrogens (tertiary/aromatic N) is 2. The first-order valence-corrected chi connectivity index (χ1v) is 15.8. The van der Waals surface area contributed by atoms with Crippen LogP contribution in [-0.2, 0) is 11.5 Å². The Morgan fingerprint density at radius 1 is 1.00 bits per heavy atom. The Bertz CT molecular complexity index is 1390. The van der Waals surface area contributed by atoms with Crippen molar-refractivity contribution in [1.29, 1.82) is 0 Å². The molecule has 0 fully saturated rings. The van der Waals surface area contributed by atoms with E-state index in [-0.39, 0.29) is 0 Å². The number of primary amides is 1. The number of carbonyl (C=O) groups is 1. The number of ether oxygens (including phenoxy) is 2. The summed E-state index contributed by atoms with van der Waals surface area (Å²) in [5.74, 6) is 0.718.